The van der Waals surface area contributed by atoms with E-state index in [2.05, 4.69) is 10.9 Å². The van der Waals surface area contributed by atoms with Crippen molar-refractivity contribution in [1.82, 2.24) is 5.43 Å². The zero-order valence-electron chi connectivity index (χ0n) is 12.8. The van der Waals surface area contributed by atoms with E-state index in [9.17, 15) is 22.8 Å². The number of methoxy groups -OCH3 is 1. The summed E-state index contributed by atoms with van der Waals surface area (Å²) in [6.07, 6.45) is -4.46. The highest BCUT2D eigenvalue weighted by atomic mass is 35.5. The Kier molecular flexibility index (Phi) is 5.53. The number of carbonyl (C=O) groups is 2. The average Bonchev–Trinajstić information content (AvgIpc) is 2.58. The summed E-state index contributed by atoms with van der Waals surface area (Å²) in [4.78, 5) is 24.1. The maximum Gasteiger partial charge on any atom is 0.416 e. The molecule has 25 heavy (non-hydrogen) atoms. The highest BCUT2D eigenvalue weighted by Crippen LogP contribution is 2.29. The van der Waals surface area contributed by atoms with Crippen LogP contribution >= 0.6 is 11.6 Å². The lowest BCUT2D eigenvalue weighted by Gasteiger charge is -2.11. The number of carbonyl (C=O) groups excluding carboxylic acids is 2. The van der Waals surface area contributed by atoms with Gasteiger partial charge in [0.1, 0.15) is 5.75 Å². The first-order valence-electron chi connectivity index (χ1n) is 6.84. The number of ether oxygens (including phenoxy) is 1. The third-order valence-electron chi connectivity index (χ3n) is 3.14. The average molecular weight is 373 g/mol. The molecular formula is C16H12ClF3N2O3. The highest BCUT2D eigenvalue weighted by Gasteiger charge is 2.30. The molecule has 0 bridgehead atoms. The van der Waals surface area contributed by atoms with Crippen molar-refractivity contribution in [3.8, 4) is 5.75 Å². The third-order valence-corrected chi connectivity index (χ3v) is 3.38. The molecule has 0 aliphatic rings. The Morgan fingerprint density at radius 3 is 2.28 bits per heavy atom. The molecule has 5 nitrogen and oxygen atoms in total. The molecule has 2 N–H and O–H groups in total. The Morgan fingerprint density at radius 1 is 1.08 bits per heavy atom. The van der Waals surface area contributed by atoms with Crippen LogP contribution in [0, 0.1) is 0 Å². The molecule has 0 fully saturated rings. The lowest BCUT2D eigenvalue weighted by atomic mass is 10.1. The number of Topliss-reactive ketones (excluding diaryl/α,β-unsaturated/α-hetero) is 1. The van der Waals surface area contributed by atoms with Crippen LogP contribution in [0.25, 0.3) is 0 Å². The molecule has 2 aromatic carbocycles. The largest absolute Gasteiger partial charge is 0.496 e. The molecule has 0 atom stereocenters. The Balaban J connectivity index is 2.05. The van der Waals surface area contributed by atoms with Gasteiger partial charge in [-0.3, -0.25) is 20.4 Å². The fourth-order valence-electron chi connectivity index (χ4n) is 1.91. The lowest BCUT2D eigenvalue weighted by Crippen LogP contribution is -2.35. The third kappa shape index (κ3) is 4.63. The summed E-state index contributed by atoms with van der Waals surface area (Å²) in [5, 5.41) is 0.243. The summed E-state index contributed by atoms with van der Waals surface area (Å²) in [6, 6.07) is 8.13. The topological polar surface area (TPSA) is 67.4 Å². The van der Waals surface area contributed by atoms with Gasteiger partial charge in [-0.1, -0.05) is 11.6 Å². The molecule has 0 unspecified atom stereocenters. The van der Waals surface area contributed by atoms with Crippen LogP contribution in [-0.4, -0.2) is 18.8 Å². The monoisotopic (exact) mass is 372 g/mol. The summed E-state index contributed by atoms with van der Waals surface area (Å²) in [7, 11) is 1.33. The molecule has 0 heterocycles. The van der Waals surface area contributed by atoms with Gasteiger partial charge in [-0.2, -0.15) is 13.2 Å². The van der Waals surface area contributed by atoms with Crippen LogP contribution in [0.1, 0.15) is 15.9 Å². The van der Waals surface area contributed by atoms with Crippen LogP contribution < -0.4 is 15.6 Å². The van der Waals surface area contributed by atoms with Gasteiger partial charge in [-0.25, -0.2) is 0 Å². The van der Waals surface area contributed by atoms with Crippen molar-refractivity contribution < 1.29 is 27.5 Å². The van der Waals surface area contributed by atoms with Crippen LogP contribution in [0.15, 0.2) is 42.5 Å². The smallest absolute Gasteiger partial charge is 0.416 e. The summed E-state index contributed by atoms with van der Waals surface area (Å²) < 4.78 is 42.4. The second-order valence-electron chi connectivity index (χ2n) is 4.83. The lowest BCUT2D eigenvalue weighted by molar-refractivity contribution is -0.137. The van der Waals surface area contributed by atoms with Gasteiger partial charge in [0.25, 0.3) is 5.78 Å². The molecule has 0 radical (unpaired) electrons. The molecule has 1 amide bonds. The molecular weight excluding hydrogens is 361 g/mol. The van der Waals surface area contributed by atoms with Crippen LogP contribution in [-0.2, 0) is 11.0 Å². The number of nitrogens with one attached hydrogen (secondary N) is 2. The molecule has 0 aliphatic carbocycles. The van der Waals surface area contributed by atoms with Gasteiger partial charge in [-0.05, 0) is 42.5 Å². The van der Waals surface area contributed by atoms with Gasteiger partial charge < -0.3 is 4.74 Å². The Hall–Kier alpha value is -2.74. The number of alkyl halides is 3. The second-order valence-corrected chi connectivity index (χ2v) is 5.26. The van der Waals surface area contributed by atoms with Crippen molar-refractivity contribution in [2.24, 2.45) is 0 Å². The molecule has 2 aromatic rings. The van der Waals surface area contributed by atoms with Gasteiger partial charge in [0, 0.05) is 5.02 Å². The minimum absolute atomic E-state index is 0.0401. The van der Waals surface area contributed by atoms with Gasteiger partial charge in [0.2, 0.25) is 0 Å². The molecule has 9 heteroatoms. The van der Waals surface area contributed by atoms with Crippen LogP contribution in [0.2, 0.25) is 5.02 Å². The molecule has 0 saturated heterocycles. The summed E-state index contributed by atoms with van der Waals surface area (Å²) >= 11 is 5.80. The van der Waals surface area contributed by atoms with Gasteiger partial charge in [-0.15, -0.1) is 0 Å². The van der Waals surface area contributed by atoms with Crippen molar-refractivity contribution >= 4 is 29.0 Å². The Bertz CT molecular complexity index is 792. The first-order valence-corrected chi connectivity index (χ1v) is 7.21. The molecule has 0 spiro atoms. The van der Waals surface area contributed by atoms with E-state index in [0.29, 0.717) is 0 Å². The number of hydrogen-bond acceptors (Lipinski definition) is 4. The van der Waals surface area contributed by atoms with Gasteiger partial charge >= 0.3 is 12.1 Å². The predicted molar refractivity (Wildman–Crippen MR) is 85.5 cm³/mol. The maximum absolute atomic E-state index is 12.5. The molecule has 132 valence electrons. The molecule has 2 rings (SSSR count). The fraction of sp³-hybridized carbons (Fsp3) is 0.125. The number of benzene rings is 2. The first kappa shape index (κ1) is 18.6. The fourth-order valence-corrected chi connectivity index (χ4v) is 2.08. The van der Waals surface area contributed by atoms with Crippen LogP contribution in [0.4, 0.5) is 18.9 Å². The van der Waals surface area contributed by atoms with Gasteiger partial charge in [0.15, 0.2) is 0 Å². The summed E-state index contributed by atoms with van der Waals surface area (Å²) in [6.45, 7) is 0. The number of ketones is 1. The van der Waals surface area contributed by atoms with Crippen molar-refractivity contribution in [2.75, 3.05) is 12.5 Å². The van der Waals surface area contributed by atoms with E-state index in [1.807, 2.05) is 0 Å². The van der Waals surface area contributed by atoms with Crippen LogP contribution in [0.5, 0.6) is 5.75 Å². The van der Waals surface area contributed by atoms with Crippen molar-refractivity contribution in [3.05, 3.63) is 58.6 Å². The number of amides is 1. The van der Waals surface area contributed by atoms with Crippen molar-refractivity contribution in [3.63, 3.8) is 0 Å². The minimum Gasteiger partial charge on any atom is -0.496 e. The zero-order chi connectivity index (χ0) is 18.6. The SMILES string of the molecule is COc1ccc(Cl)cc1C(=O)C(=O)NNc1ccc(C(F)(F)F)cc1. The minimum atomic E-state index is -4.46. The normalized spacial score (nSPS) is 10.9. The van der Waals surface area contributed by atoms with E-state index in [4.69, 9.17) is 16.3 Å². The summed E-state index contributed by atoms with van der Waals surface area (Å²) in [5.74, 6) is -1.78. The zero-order valence-corrected chi connectivity index (χ0v) is 13.5. The van der Waals surface area contributed by atoms with E-state index in [1.165, 1.54) is 25.3 Å². The molecule has 0 aliphatic heterocycles. The summed E-state index contributed by atoms with van der Waals surface area (Å²) in [5.41, 5.74) is 3.78. The van der Waals surface area contributed by atoms with E-state index in [0.717, 1.165) is 24.3 Å². The number of anilines is 1. The van der Waals surface area contributed by atoms with Crippen LogP contribution in [0.3, 0.4) is 0 Å². The number of halogens is 4. The first-order chi connectivity index (χ1) is 11.7. The Labute approximate surface area is 145 Å². The quantitative estimate of drug-likeness (QED) is 0.477. The number of hydrazine groups is 1. The van der Waals surface area contributed by atoms with E-state index in [-0.39, 0.29) is 22.0 Å². The number of hydrogen-bond donors (Lipinski definition) is 2. The van der Waals surface area contributed by atoms with Gasteiger partial charge in [0.05, 0.1) is 23.9 Å². The Morgan fingerprint density at radius 2 is 1.72 bits per heavy atom. The van der Waals surface area contributed by atoms with Crippen molar-refractivity contribution in [2.45, 2.75) is 6.18 Å². The van der Waals surface area contributed by atoms with E-state index < -0.39 is 23.4 Å². The molecule has 0 aromatic heterocycles. The van der Waals surface area contributed by atoms with Crippen molar-refractivity contribution in [1.29, 1.82) is 0 Å². The van der Waals surface area contributed by atoms with E-state index in [1.54, 1.807) is 0 Å². The highest BCUT2D eigenvalue weighted by molar-refractivity contribution is 6.44. The maximum atomic E-state index is 12.5. The van der Waals surface area contributed by atoms with E-state index >= 15 is 0 Å². The predicted octanol–water partition coefficient (Wildman–Crippen LogP) is 3.69. The second kappa shape index (κ2) is 7.43. The number of rotatable bonds is 5. The standard InChI is InChI=1S/C16H12ClF3N2O3/c1-25-13-7-4-10(17)8-12(13)14(23)15(24)22-21-11-5-2-9(3-6-11)16(18,19)20/h2-8,21H,1H3,(H,22,24). The molecule has 0 saturated carbocycles.